The Kier molecular flexibility index (Phi) is 5.62. The fourth-order valence-corrected chi connectivity index (χ4v) is 4.60. The first kappa shape index (κ1) is 19.6. The van der Waals surface area contributed by atoms with Crippen molar-refractivity contribution in [2.75, 3.05) is 24.0 Å². The molecule has 1 aromatic carbocycles. The zero-order valence-electron chi connectivity index (χ0n) is 16.5. The highest BCUT2D eigenvalue weighted by molar-refractivity contribution is 7.99. The normalized spacial score (nSPS) is 14.5. The molecule has 152 valence electrons. The fraction of sp³-hybridized carbons (Fsp3) is 0.381. The van der Waals surface area contributed by atoms with Crippen LogP contribution in [0.2, 0.25) is 0 Å². The predicted octanol–water partition coefficient (Wildman–Crippen LogP) is 2.96. The van der Waals surface area contributed by atoms with Crippen molar-refractivity contribution in [1.82, 2.24) is 10.3 Å². The maximum atomic E-state index is 12.8. The van der Waals surface area contributed by atoms with Gasteiger partial charge in [0.25, 0.3) is 0 Å². The topological polar surface area (TPSA) is 80.8 Å². The van der Waals surface area contributed by atoms with Gasteiger partial charge in [-0.2, -0.15) is 0 Å². The number of ether oxygens (including phenoxy) is 2. The number of thioether (sulfide) groups is 1. The first-order valence-electron chi connectivity index (χ1n) is 9.58. The van der Waals surface area contributed by atoms with Crippen LogP contribution in [0.25, 0.3) is 0 Å². The van der Waals surface area contributed by atoms with Crippen molar-refractivity contribution in [3.8, 4) is 11.5 Å². The summed E-state index contributed by atoms with van der Waals surface area (Å²) in [6.07, 6.45) is 0.324. The van der Waals surface area contributed by atoms with E-state index in [1.807, 2.05) is 38.1 Å². The molecule has 0 aliphatic carbocycles. The van der Waals surface area contributed by atoms with Gasteiger partial charge in [-0.1, -0.05) is 6.07 Å². The molecule has 0 spiro atoms. The Balaban J connectivity index is 1.32. The van der Waals surface area contributed by atoms with Crippen LogP contribution in [0.4, 0.5) is 5.69 Å². The molecule has 2 aromatic rings. The van der Waals surface area contributed by atoms with Crippen molar-refractivity contribution in [2.24, 2.45) is 0 Å². The second-order valence-electron chi connectivity index (χ2n) is 7.09. The standard InChI is InChI=1S/C21H23N3O4S/c1-13-9-14(2)23-21-20(13)24(7-8-29-21)19(26)6-5-18(25)22-11-15-3-4-16-17(10-15)28-12-27-16/h3-4,9-10H,5-8,11-12H2,1-2H3,(H,22,25). The third kappa shape index (κ3) is 4.32. The average molecular weight is 413 g/mol. The quantitative estimate of drug-likeness (QED) is 0.812. The van der Waals surface area contributed by atoms with Gasteiger partial charge in [0.15, 0.2) is 11.5 Å². The highest BCUT2D eigenvalue weighted by Gasteiger charge is 2.26. The lowest BCUT2D eigenvalue weighted by atomic mass is 10.1. The van der Waals surface area contributed by atoms with Gasteiger partial charge in [0.05, 0.1) is 5.69 Å². The van der Waals surface area contributed by atoms with E-state index in [1.54, 1.807) is 16.7 Å². The SMILES string of the molecule is Cc1cc(C)c2c(n1)SCCN2C(=O)CCC(=O)NCc1ccc2c(c1)OCO2. The zero-order chi connectivity index (χ0) is 20.4. The molecule has 1 aromatic heterocycles. The number of pyridine rings is 1. The van der Waals surface area contributed by atoms with E-state index in [2.05, 4.69) is 10.3 Å². The second-order valence-corrected chi connectivity index (χ2v) is 8.18. The van der Waals surface area contributed by atoms with E-state index in [4.69, 9.17) is 9.47 Å². The van der Waals surface area contributed by atoms with Crippen LogP contribution >= 0.6 is 11.8 Å². The summed E-state index contributed by atoms with van der Waals surface area (Å²) >= 11 is 1.67. The van der Waals surface area contributed by atoms with Crippen LogP contribution in [0, 0.1) is 13.8 Å². The van der Waals surface area contributed by atoms with Crippen molar-refractivity contribution in [2.45, 2.75) is 38.3 Å². The number of carbonyl (C=O) groups excluding carboxylic acids is 2. The van der Waals surface area contributed by atoms with E-state index < -0.39 is 0 Å². The molecule has 0 radical (unpaired) electrons. The summed E-state index contributed by atoms with van der Waals surface area (Å²) in [7, 11) is 0. The Morgan fingerprint density at radius 1 is 1.17 bits per heavy atom. The van der Waals surface area contributed by atoms with Gasteiger partial charge in [0.2, 0.25) is 18.6 Å². The third-order valence-electron chi connectivity index (χ3n) is 4.90. The minimum atomic E-state index is -0.152. The smallest absolute Gasteiger partial charge is 0.231 e. The molecule has 0 bridgehead atoms. The Morgan fingerprint density at radius 3 is 2.86 bits per heavy atom. The number of fused-ring (bicyclic) bond motifs is 2. The highest BCUT2D eigenvalue weighted by Crippen LogP contribution is 2.36. The van der Waals surface area contributed by atoms with Gasteiger partial charge in [-0.15, -0.1) is 11.8 Å². The molecular weight excluding hydrogens is 390 g/mol. The Morgan fingerprint density at radius 2 is 2.00 bits per heavy atom. The number of anilines is 1. The number of aromatic nitrogens is 1. The number of nitrogens with zero attached hydrogens (tertiary/aromatic N) is 2. The number of hydrogen-bond acceptors (Lipinski definition) is 6. The van der Waals surface area contributed by atoms with E-state index in [1.165, 1.54) is 0 Å². The second kappa shape index (κ2) is 8.32. The molecule has 0 atom stereocenters. The van der Waals surface area contributed by atoms with Crippen molar-refractivity contribution in [1.29, 1.82) is 0 Å². The van der Waals surface area contributed by atoms with Crippen molar-refractivity contribution in [3.63, 3.8) is 0 Å². The van der Waals surface area contributed by atoms with Crippen molar-refractivity contribution >= 4 is 29.3 Å². The van der Waals surface area contributed by atoms with Crippen molar-refractivity contribution < 1.29 is 19.1 Å². The minimum Gasteiger partial charge on any atom is -0.454 e. The third-order valence-corrected chi connectivity index (χ3v) is 5.84. The van der Waals surface area contributed by atoms with Crippen LogP contribution in [0.5, 0.6) is 11.5 Å². The van der Waals surface area contributed by atoms with E-state index in [9.17, 15) is 9.59 Å². The number of amides is 2. The number of rotatable bonds is 5. The fourth-order valence-electron chi connectivity index (χ4n) is 3.51. The van der Waals surface area contributed by atoms with Gasteiger partial charge in [0, 0.05) is 37.4 Å². The first-order valence-corrected chi connectivity index (χ1v) is 10.6. The summed E-state index contributed by atoms with van der Waals surface area (Å²) in [4.78, 5) is 31.4. The van der Waals surface area contributed by atoms with E-state index >= 15 is 0 Å². The Bertz CT molecular complexity index is 963. The highest BCUT2D eigenvalue weighted by atomic mass is 32.2. The summed E-state index contributed by atoms with van der Waals surface area (Å²) in [6, 6.07) is 7.56. The Labute approximate surface area is 173 Å². The Hall–Kier alpha value is -2.74. The monoisotopic (exact) mass is 413 g/mol. The van der Waals surface area contributed by atoms with Crippen LogP contribution < -0.4 is 19.7 Å². The molecule has 2 aliphatic heterocycles. The molecule has 7 nitrogen and oxygen atoms in total. The number of hydrogen-bond donors (Lipinski definition) is 1. The molecular formula is C21H23N3O4S. The number of nitrogens with one attached hydrogen (secondary N) is 1. The zero-order valence-corrected chi connectivity index (χ0v) is 17.3. The van der Waals surface area contributed by atoms with E-state index in [0.29, 0.717) is 24.6 Å². The van der Waals surface area contributed by atoms with E-state index in [0.717, 1.165) is 33.3 Å². The first-order chi connectivity index (χ1) is 14.0. The molecule has 8 heteroatoms. The van der Waals surface area contributed by atoms with E-state index in [-0.39, 0.29) is 31.4 Å². The maximum absolute atomic E-state index is 12.8. The largest absolute Gasteiger partial charge is 0.454 e. The van der Waals surface area contributed by atoms with Crippen LogP contribution in [0.1, 0.15) is 29.7 Å². The molecule has 1 N–H and O–H groups in total. The van der Waals surface area contributed by atoms with Gasteiger partial charge in [-0.3, -0.25) is 9.59 Å². The maximum Gasteiger partial charge on any atom is 0.231 e. The van der Waals surface area contributed by atoms with Gasteiger partial charge in [-0.05, 0) is 43.2 Å². The summed E-state index contributed by atoms with van der Waals surface area (Å²) in [5, 5.41) is 3.76. The molecule has 0 unspecified atom stereocenters. The molecule has 29 heavy (non-hydrogen) atoms. The molecule has 2 aliphatic rings. The van der Waals surface area contributed by atoms with Gasteiger partial charge < -0.3 is 19.7 Å². The van der Waals surface area contributed by atoms with Crippen LogP contribution in [-0.2, 0) is 16.1 Å². The molecule has 0 fully saturated rings. The lowest BCUT2D eigenvalue weighted by molar-refractivity contribution is -0.125. The number of benzene rings is 1. The predicted molar refractivity (Wildman–Crippen MR) is 110 cm³/mol. The molecule has 2 amide bonds. The van der Waals surface area contributed by atoms with Gasteiger partial charge in [-0.25, -0.2) is 4.98 Å². The average Bonchev–Trinajstić information content (AvgIpc) is 3.17. The summed E-state index contributed by atoms with van der Waals surface area (Å²) in [6.45, 7) is 5.20. The van der Waals surface area contributed by atoms with Crippen LogP contribution in [-0.4, -0.2) is 35.9 Å². The minimum absolute atomic E-state index is 0.0430. The summed E-state index contributed by atoms with van der Waals surface area (Å²) in [5.74, 6) is 2.02. The molecule has 3 heterocycles. The van der Waals surface area contributed by atoms with Gasteiger partial charge in [0.1, 0.15) is 5.03 Å². The van der Waals surface area contributed by atoms with Crippen LogP contribution in [0.3, 0.4) is 0 Å². The molecule has 0 saturated heterocycles. The molecule has 4 rings (SSSR count). The lowest BCUT2D eigenvalue weighted by Gasteiger charge is -2.30. The lowest BCUT2D eigenvalue weighted by Crippen LogP contribution is -2.37. The van der Waals surface area contributed by atoms with Gasteiger partial charge >= 0.3 is 0 Å². The molecule has 0 saturated carbocycles. The number of aryl methyl sites for hydroxylation is 2. The summed E-state index contributed by atoms with van der Waals surface area (Å²) in [5.41, 5.74) is 3.80. The van der Waals surface area contributed by atoms with Crippen LogP contribution in [0.15, 0.2) is 29.3 Å². The number of carbonyl (C=O) groups is 2. The summed E-state index contributed by atoms with van der Waals surface area (Å²) < 4.78 is 10.6. The van der Waals surface area contributed by atoms with Crippen molar-refractivity contribution in [3.05, 3.63) is 41.1 Å².